The Morgan fingerprint density at radius 1 is 1.20 bits per heavy atom. The predicted octanol–water partition coefficient (Wildman–Crippen LogP) is 3.87. The van der Waals surface area contributed by atoms with Crippen molar-refractivity contribution >= 4 is 12.2 Å². The van der Waals surface area contributed by atoms with E-state index in [1.54, 1.807) is 4.90 Å². The topological polar surface area (TPSA) is 49.4 Å². The number of rotatable bonds is 8. The molecule has 0 fully saturated rings. The number of benzene rings is 1. The summed E-state index contributed by atoms with van der Waals surface area (Å²) in [4.78, 5) is 25.3. The third-order valence-corrected chi connectivity index (χ3v) is 4.35. The second-order valence-electron chi connectivity index (χ2n) is 7.20. The molecular weight excluding hydrogens is 312 g/mol. The highest BCUT2D eigenvalue weighted by Crippen LogP contribution is 2.24. The molecule has 4 nitrogen and oxygen atoms in total. The van der Waals surface area contributed by atoms with Crippen LogP contribution in [-0.4, -0.2) is 43.8 Å². The first-order valence-corrected chi connectivity index (χ1v) is 9.19. The average molecular weight is 349 g/mol. The molecule has 142 valence electrons. The Kier molecular flexibility index (Phi) is 11.0. The maximum atomic E-state index is 12.6. The van der Waals surface area contributed by atoms with Crippen LogP contribution in [0.2, 0.25) is 0 Å². The molecule has 0 spiro atoms. The number of hydrogen-bond donors (Lipinski definition) is 1. The van der Waals surface area contributed by atoms with Gasteiger partial charge in [-0.2, -0.15) is 0 Å². The van der Waals surface area contributed by atoms with Crippen LogP contribution in [-0.2, 0) is 9.59 Å². The Bertz CT molecular complexity index is 494. The van der Waals surface area contributed by atoms with Gasteiger partial charge in [-0.25, -0.2) is 0 Å². The molecule has 1 aromatic rings. The lowest BCUT2D eigenvalue weighted by atomic mass is 9.86. The molecule has 0 aliphatic rings. The van der Waals surface area contributed by atoms with Crippen molar-refractivity contribution in [2.45, 2.75) is 59.4 Å². The SMILES string of the molecule is CC.CNC(CN(C)C(=O)CC(CC=O)c1ccccc1)C(C)(C)C. The lowest BCUT2D eigenvalue weighted by Crippen LogP contribution is -2.47. The second-order valence-corrected chi connectivity index (χ2v) is 7.20. The first-order chi connectivity index (χ1) is 11.8. The monoisotopic (exact) mass is 348 g/mol. The summed E-state index contributed by atoms with van der Waals surface area (Å²) in [6.07, 6.45) is 1.63. The Hall–Kier alpha value is -1.68. The fourth-order valence-electron chi connectivity index (χ4n) is 2.72. The summed E-state index contributed by atoms with van der Waals surface area (Å²) in [7, 11) is 3.76. The summed E-state index contributed by atoms with van der Waals surface area (Å²) in [5.41, 5.74) is 1.12. The highest BCUT2D eigenvalue weighted by molar-refractivity contribution is 5.77. The number of likely N-dealkylation sites (N-methyl/N-ethyl adjacent to an activating group) is 2. The van der Waals surface area contributed by atoms with Crippen molar-refractivity contribution in [1.82, 2.24) is 10.2 Å². The van der Waals surface area contributed by atoms with E-state index < -0.39 is 0 Å². The number of amides is 1. The third kappa shape index (κ3) is 8.30. The lowest BCUT2D eigenvalue weighted by molar-refractivity contribution is -0.131. The standard InChI is InChI=1S/C19H30N2O2.C2H6/c1-19(2,3)17(20-4)14-21(5)18(23)13-16(11-12-22)15-9-7-6-8-10-15;1-2/h6-10,12,16-17,20H,11,13-14H2,1-5H3;1-2H3. The van der Waals surface area contributed by atoms with Crippen molar-refractivity contribution in [3.63, 3.8) is 0 Å². The van der Waals surface area contributed by atoms with E-state index in [0.717, 1.165) is 11.8 Å². The van der Waals surface area contributed by atoms with Crippen LogP contribution in [0.4, 0.5) is 0 Å². The molecule has 0 aromatic heterocycles. The van der Waals surface area contributed by atoms with Crippen molar-refractivity contribution in [2.75, 3.05) is 20.6 Å². The molecule has 1 N–H and O–H groups in total. The molecule has 2 atom stereocenters. The van der Waals surface area contributed by atoms with Crippen LogP contribution < -0.4 is 5.32 Å². The summed E-state index contributed by atoms with van der Waals surface area (Å²) in [6, 6.07) is 10.0. The Morgan fingerprint density at radius 3 is 2.20 bits per heavy atom. The van der Waals surface area contributed by atoms with Crippen LogP contribution in [0.3, 0.4) is 0 Å². The van der Waals surface area contributed by atoms with E-state index in [1.807, 2.05) is 58.3 Å². The normalized spacial score (nSPS) is 13.2. The van der Waals surface area contributed by atoms with Gasteiger partial charge in [-0.1, -0.05) is 65.0 Å². The molecule has 1 rings (SSSR count). The molecule has 4 heteroatoms. The zero-order valence-corrected chi connectivity index (χ0v) is 17.0. The number of carbonyl (C=O) groups is 2. The third-order valence-electron chi connectivity index (χ3n) is 4.35. The molecule has 25 heavy (non-hydrogen) atoms. The van der Waals surface area contributed by atoms with Gasteiger partial charge < -0.3 is 15.0 Å². The van der Waals surface area contributed by atoms with Gasteiger partial charge in [-0.05, 0) is 23.9 Å². The van der Waals surface area contributed by atoms with Crippen LogP contribution in [0.25, 0.3) is 0 Å². The molecule has 0 saturated heterocycles. The molecule has 1 aromatic carbocycles. The van der Waals surface area contributed by atoms with Crippen LogP contribution in [0.5, 0.6) is 0 Å². The first-order valence-electron chi connectivity index (χ1n) is 9.19. The van der Waals surface area contributed by atoms with Crippen LogP contribution in [0.15, 0.2) is 30.3 Å². The van der Waals surface area contributed by atoms with Gasteiger partial charge in [0.05, 0.1) is 0 Å². The quantitative estimate of drug-likeness (QED) is 0.726. The fourth-order valence-corrected chi connectivity index (χ4v) is 2.72. The maximum Gasteiger partial charge on any atom is 0.222 e. The smallest absolute Gasteiger partial charge is 0.222 e. The minimum atomic E-state index is -0.0497. The van der Waals surface area contributed by atoms with Crippen molar-refractivity contribution in [3.05, 3.63) is 35.9 Å². The largest absolute Gasteiger partial charge is 0.344 e. The van der Waals surface area contributed by atoms with E-state index in [2.05, 4.69) is 26.1 Å². The molecule has 0 bridgehead atoms. The zero-order chi connectivity index (χ0) is 19.5. The molecule has 0 aliphatic heterocycles. The summed E-state index contributed by atoms with van der Waals surface area (Å²) >= 11 is 0. The van der Waals surface area contributed by atoms with Gasteiger partial charge in [-0.3, -0.25) is 4.79 Å². The molecule has 2 unspecified atom stereocenters. The van der Waals surface area contributed by atoms with E-state index in [4.69, 9.17) is 0 Å². The minimum Gasteiger partial charge on any atom is -0.344 e. The van der Waals surface area contributed by atoms with Crippen LogP contribution in [0, 0.1) is 5.41 Å². The highest BCUT2D eigenvalue weighted by atomic mass is 16.2. The van der Waals surface area contributed by atoms with E-state index in [9.17, 15) is 9.59 Å². The van der Waals surface area contributed by atoms with Crippen molar-refractivity contribution in [2.24, 2.45) is 5.41 Å². The van der Waals surface area contributed by atoms with Crippen LogP contribution >= 0.6 is 0 Å². The van der Waals surface area contributed by atoms with Gasteiger partial charge in [0, 0.05) is 32.5 Å². The number of hydrogen-bond acceptors (Lipinski definition) is 3. The van der Waals surface area contributed by atoms with Gasteiger partial charge in [0.15, 0.2) is 0 Å². The van der Waals surface area contributed by atoms with Crippen molar-refractivity contribution in [3.8, 4) is 0 Å². The summed E-state index contributed by atoms with van der Waals surface area (Å²) in [6.45, 7) is 11.1. The highest BCUT2D eigenvalue weighted by Gasteiger charge is 2.26. The molecule has 0 radical (unpaired) electrons. The zero-order valence-electron chi connectivity index (χ0n) is 17.0. The van der Waals surface area contributed by atoms with E-state index in [1.165, 1.54) is 0 Å². The summed E-state index contributed by atoms with van der Waals surface area (Å²) < 4.78 is 0. The molecule has 0 heterocycles. The van der Waals surface area contributed by atoms with Crippen LogP contribution in [0.1, 0.15) is 58.9 Å². The van der Waals surface area contributed by atoms with Gasteiger partial charge in [-0.15, -0.1) is 0 Å². The van der Waals surface area contributed by atoms with Gasteiger partial charge in [0.1, 0.15) is 6.29 Å². The Labute approximate surface area is 154 Å². The van der Waals surface area contributed by atoms with Gasteiger partial charge in [0.25, 0.3) is 0 Å². The van der Waals surface area contributed by atoms with Crippen molar-refractivity contribution < 1.29 is 9.59 Å². The first kappa shape index (κ1) is 23.3. The minimum absolute atomic E-state index is 0.0497. The summed E-state index contributed by atoms with van der Waals surface area (Å²) in [5.74, 6) is 0.0246. The van der Waals surface area contributed by atoms with Gasteiger partial charge in [0.2, 0.25) is 5.91 Å². The maximum absolute atomic E-state index is 12.6. The van der Waals surface area contributed by atoms with E-state index in [0.29, 0.717) is 19.4 Å². The molecule has 0 saturated carbocycles. The molecule has 0 aliphatic carbocycles. The summed E-state index contributed by atoms with van der Waals surface area (Å²) in [5, 5.41) is 3.29. The number of nitrogens with one attached hydrogen (secondary N) is 1. The second kappa shape index (κ2) is 11.8. The van der Waals surface area contributed by atoms with E-state index >= 15 is 0 Å². The molecular formula is C21H36N2O2. The van der Waals surface area contributed by atoms with E-state index in [-0.39, 0.29) is 23.3 Å². The number of carbonyl (C=O) groups excluding carboxylic acids is 2. The average Bonchev–Trinajstić information content (AvgIpc) is 2.60. The number of aldehydes is 1. The number of nitrogens with zero attached hydrogens (tertiary/aromatic N) is 1. The Morgan fingerprint density at radius 2 is 1.76 bits per heavy atom. The molecule has 1 amide bonds. The fraction of sp³-hybridized carbons (Fsp3) is 0.619. The van der Waals surface area contributed by atoms with Gasteiger partial charge >= 0.3 is 0 Å². The van der Waals surface area contributed by atoms with Crippen molar-refractivity contribution in [1.29, 1.82) is 0 Å². The predicted molar refractivity (Wildman–Crippen MR) is 106 cm³/mol. The Balaban J connectivity index is 0.00000277. The lowest BCUT2D eigenvalue weighted by Gasteiger charge is -2.34.